The fourth-order valence-corrected chi connectivity index (χ4v) is 3.69. The van der Waals surface area contributed by atoms with Gasteiger partial charge in [0.15, 0.2) is 0 Å². The van der Waals surface area contributed by atoms with Gasteiger partial charge in [0.2, 0.25) is 0 Å². The van der Waals surface area contributed by atoms with Gasteiger partial charge in [-0.25, -0.2) is 0 Å². The van der Waals surface area contributed by atoms with Crippen LogP contribution < -0.4 is 16.0 Å². The van der Waals surface area contributed by atoms with Crippen molar-refractivity contribution >= 4 is 11.4 Å². The van der Waals surface area contributed by atoms with Crippen LogP contribution in [0.1, 0.15) is 38.9 Å². The molecule has 0 saturated carbocycles. The lowest BCUT2D eigenvalue weighted by Crippen LogP contribution is -2.27. The fourth-order valence-electron chi connectivity index (χ4n) is 3.69. The summed E-state index contributed by atoms with van der Waals surface area (Å²) in [6, 6.07) is 6.75. The molecule has 2 aromatic rings. The Labute approximate surface area is 159 Å². The van der Waals surface area contributed by atoms with Crippen LogP contribution in [0.4, 0.5) is 11.4 Å². The van der Waals surface area contributed by atoms with Crippen molar-refractivity contribution in [3.05, 3.63) is 57.1 Å². The molecule has 142 valence electrons. The molecule has 0 heterocycles. The van der Waals surface area contributed by atoms with Crippen LogP contribution in [0.15, 0.2) is 18.2 Å². The van der Waals surface area contributed by atoms with E-state index in [1.54, 1.807) is 0 Å². The Morgan fingerprint density at radius 2 is 1.04 bits per heavy atom. The molecule has 0 amide bonds. The lowest BCUT2D eigenvalue weighted by molar-refractivity contribution is 0.718. The highest BCUT2D eigenvalue weighted by molar-refractivity contribution is 5.61. The zero-order chi connectivity index (χ0) is 19.3. The van der Waals surface area contributed by atoms with Gasteiger partial charge in [-0.1, -0.05) is 23.8 Å². The van der Waals surface area contributed by atoms with Gasteiger partial charge in [0.25, 0.3) is 0 Å². The first-order chi connectivity index (χ1) is 12.3. The van der Waals surface area contributed by atoms with Crippen LogP contribution >= 0.6 is 0 Å². The van der Waals surface area contributed by atoms with E-state index in [4.69, 9.17) is 0 Å². The Morgan fingerprint density at radius 3 is 1.62 bits per heavy atom. The predicted molar refractivity (Wildman–Crippen MR) is 116 cm³/mol. The van der Waals surface area contributed by atoms with Gasteiger partial charge >= 0.3 is 0 Å². The van der Waals surface area contributed by atoms with Crippen LogP contribution in [0.5, 0.6) is 0 Å². The van der Waals surface area contributed by atoms with Crippen LogP contribution in [0.25, 0.3) is 0 Å². The summed E-state index contributed by atoms with van der Waals surface area (Å²) >= 11 is 0. The molecule has 3 nitrogen and oxygen atoms in total. The molecule has 0 aliphatic rings. The minimum Gasteiger partial charge on any atom is -0.383 e. The second-order valence-electron chi connectivity index (χ2n) is 7.51. The maximum atomic E-state index is 3.60. The van der Waals surface area contributed by atoms with Crippen LogP contribution in [0.3, 0.4) is 0 Å². The molecule has 0 spiro atoms. The van der Waals surface area contributed by atoms with Crippen molar-refractivity contribution in [3.8, 4) is 0 Å². The van der Waals surface area contributed by atoms with Crippen molar-refractivity contribution in [2.45, 2.75) is 48.5 Å². The average molecular weight is 354 g/mol. The van der Waals surface area contributed by atoms with Gasteiger partial charge in [0, 0.05) is 37.6 Å². The third-order valence-corrected chi connectivity index (χ3v) is 5.24. The molecule has 0 atom stereocenters. The van der Waals surface area contributed by atoms with Crippen LogP contribution in [0, 0.1) is 48.5 Å². The highest BCUT2D eigenvalue weighted by Crippen LogP contribution is 2.26. The smallest absolute Gasteiger partial charge is 0.0402 e. The normalized spacial score (nSPS) is 10.9. The second kappa shape index (κ2) is 9.09. The lowest BCUT2D eigenvalue weighted by atomic mass is 9.98. The molecule has 0 saturated heterocycles. The number of aryl methyl sites for hydroxylation is 5. The van der Waals surface area contributed by atoms with E-state index >= 15 is 0 Å². The Morgan fingerprint density at radius 1 is 0.538 bits per heavy atom. The summed E-state index contributed by atoms with van der Waals surface area (Å²) in [6.07, 6.45) is 0. The van der Waals surface area contributed by atoms with Crippen LogP contribution in [0.2, 0.25) is 0 Å². The number of anilines is 2. The minimum atomic E-state index is 0.937. The third kappa shape index (κ3) is 5.01. The van der Waals surface area contributed by atoms with Crippen molar-refractivity contribution < 1.29 is 0 Å². The SMILES string of the molecule is Cc1cc(C)c(NCCNCCNc2c(C)cc(C)c(C)c2C)c(C)c1. The molecular weight excluding hydrogens is 318 g/mol. The standard InChI is InChI=1S/C23H35N3/c1-15-12-17(3)22(18(4)13-15)25-10-8-24-9-11-26-23-19(5)14-16(2)20(6)21(23)7/h12-14,24-26H,8-11H2,1-7H3. The Kier molecular flexibility index (Phi) is 7.10. The van der Waals surface area contributed by atoms with Gasteiger partial charge in [-0.2, -0.15) is 0 Å². The minimum absolute atomic E-state index is 0.937. The Hall–Kier alpha value is -2.00. The van der Waals surface area contributed by atoms with Crippen molar-refractivity contribution in [2.24, 2.45) is 0 Å². The fraction of sp³-hybridized carbons (Fsp3) is 0.478. The number of benzene rings is 2. The zero-order valence-corrected chi connectivity index (χ0v) is 17.6. The topological polar surface area (TPSA) is 36.1 Å². The average Bonchev–Trinajstić information content (AvgIpc) is 2.56. The van der Waals surface area contributed by atoms with E-state index in [1.165, 1.54) is 50.3 Å². The van der Waals surface area contributed by atoms with E-state index in [0.717, 1.165) is 26.2 Å². The van der Waals surface area contributed by atoms with E-state index in [1.807, 2.05) is 0 Å². The van der Waals surface area contributed by atoms with Gasteiger partial charge < -0.3 is 16.0 Å². The summed E-state index contributed by atoms with van der Waals surface area (Å²) < 4.78 is 0. The molecular formula is C23H35N3. The Bertz CT molecular complexity index is 740. The summed E-state index contributed by atoms with van der Waals surface area (Å²) in [5, 5.41) is 10.7. The van der Waals surface area contributed by atoms with E-state index in [0.29, 0.717) is 0 Å². The molecule has 0 aliphatic heterocycles. The molecule has 2 rings (SSSR count). The first-order valence-corrected chi connectivity index (χ1v) is 9.65. The van der Waals surface area contributed by atoms with Crippen LogP contribution in [-0.4, -0.2) is 26.2 Å². The number of nitrogens with one attached hydrogen (secondary N) is 3. The van der Waals surface area contributed by atoms with Gasteiger partial charge in [-0.3, -0.25) is 0 Å². The van der Waals surface area contributed by atoms with Crippen molar-refractivity contribution in [1.82, 2.24) is 5.32 Å². The summed E-state index contributed by atoms with van der Waals surface area (Å²) in [4.78, 5) is 0. The van der Waals surface area contributed by atoms with E-state index in [2.05, 4.69) is 82.6 Å². The first-order valence-electron chi connectivity index (χ1n) is 9.65. The number of rotatable bonds is 8. The summed E-state index contributed by atoms with van der Waals surface area (Å²) in [7, 11) is 0. The zero-order valence-electron chi connectivity index (χ0n) is 17.6. The lowest BCUT2D eigenvalue weighted by Gasteiger charge is -2.17. The van der Waals surface area contributed by atoms with Crippen molar-refractivity contribution in [3.63, 3.8) is 0 Å². The van der Waals surface area contributed by atoms with Crippen molar-refractivity contribution in [2.75, 3.05) is 36.8 Å². The summed E-state index contributed by atoms with van der Waals surface area (Å²) in [5.41, 5.74) is 12.0. The van der Waals surface area contributed by atoms with Crippen molar-refractivity contribution in [1.29, 1.82) is 0 Å². The van der Waals surface area contributed by atoms with E-state index in [9.17, 15) is 0 Å². The maximum Gasteiger partial charge on any atom is 0.0402 e. The quantitative estimate of drug-likeness (QED) is 0.587. The molecule has 26 heavy (non-hydrogen) atoms. The third-order valence-electron chi connectivity index (χ3n) is 5.24. The molecule has 2 aromatic carbocycles. The molecule has 0 aromatic heterocycles. The molecule has 0 radical (unpaired) electrons. The van der Waals surface area contributed by atoms with Gasteiger partial charge in [0.1, 0.15) is 0 Å². The van der Waals surface area contributed by atoms with Crippen LogP contribution in [-0.2, 0) is 0 Å². The number of hydrogen-bond acceptors (Lipinski definition) is 3. The summed E-state index contributed by atoms with van der Waals surface area (Å²) in [6.45, 7) is 19.1. The number of hydrogen-bond donors (Lipinski definition) is 3. The maximum absolute atomic E-state index is 3.60. The van der Waals surface area contributed by atoms with Gasteiger partial charge in [-0.05, 0) is 81.8 Å². The molecule has 0 unspecified atom stereocenters. The monoisotopic (exact) mass is 353 g/mol. The Balaban J connectivity index is 1.73. The van der Waals surface area contributed by atoms with E-state index in [-0.39, 0.29) is 0 Å². The van der Waals surface area contributed by atoms with E-state index < -0.39 is 0 Å². The largest absolute Gasteiger partial charge is 0.383 e. The molecule has 3 heteroatoms. The molecule has 0 bridgehead atoms. The molecule has 3 N–H and O–H groups in total. The first kappa shape index (κ1) is 20.3. The second-order valence-corrected chi connectivity index (χ2v) is 7.51. The predicted octanol–water partition coefficient (Wildman–Crippen LogP) is 4.96. The molecule has 0 fully saturated rings. The summed E-state index contributed by atoms with van der Waals surface area (Å²) in [5.74, 6) is 0. The molecule has 0 aliphatic carbocycles. The van der Waals surface area contributed by atoms with Gasteiger partial charge in [-0.15, -0.1) is 0 Å². The highest BCUT2D eigenvalue weighted by atomic mass is 15.0. The van der Waals surface area contributed by atoms with Gasteiger partial charge in [0.05, 0.1) is 0 Å². The highest BCUT2D eigenvalue weighted by Gasteiger charge is 2.07.